The van der Waals surface area contributed by atoms with Crippen LogP contribution in [0, 0.1) is 0 Å². The van der Waals surface area contributed by atoms with Crippen LogP contribution in [-0.4, -0.2) is 39.7 Å². The highest BCUT2D eigenvalue weighted by molar-refractivity contribution is 7.89. The molecule has 0 unspecified atom stereocenters. The van der Waals surface area contributed by atoms with Gasteiger partial charge in [-0.2, -0.15) is 5.10 Å². The van der Waals surface area contributed by atoms with Crippen molar-refractivity contribution < 1.29 is 8.42 Å². The number of aryl methyl sites for hydroxylation is 2. The predicted molar refractivity (Wildman–Crippen MR) is 67.9 cm³/mol. The summed E-state index contributed by atoms with van der Waals surface area (Å²) in [6, 6.07) is 0. The van der Waals surface area contributed by atoms with Crippen molar-refractivity contribution in [2.75, 3.05) is 6.54 Å². The first-order valence-electron chi connectivity index (χ1n) is 5.89. The highest BCUT2D eigenvalue weighted by atomic mass is 32.2. The summed E-state index contributed by atoms with van der Waals surface area (Å²) in [6.07, 6.45) is 3.99. The Bertz CT molecular complexity index is 645. The van der Waals surface area contributed by atoms with Gasteiger partial charge in [0.05, 0.1) is 6.20 Å². The van der Waals surface area contributed by atoms with E-state index in [1.54, 1.807) is 18.1 Å². The third-order valence-corrected chi connectivity index (χ3v) is 3.89. The van der Waals surface area contributed by atoms with Crippen molar-refractivity contribution in [2.24, 2.45) is 7.05 Å². The van der Waals surface area contributed by atoms with E-state index >= 15 is 0 Å². The van der Waals surface area contributed by atoms with Gasteiger partial charge in [0.25, 0.3) is 10.0 Å². The summed E-state index contributed by atoms with van der Waals surface area (Å²) in [4.78, 5) is 10.7. The van der Waals surface area contributed by atoms with E-state index in [4.69, 9.17) is 0 Å². The van der Waals surface area contributed by atoms with Gasteiger partial charge in [-0.1, -0.05) is 6.92 Å². The normalized spacial score (nSPS) is 11.9. The molecule has 2 N–H and O–H groups in total. The molecule has 0 aliphatic rings. The summed E-state index contributed by atoms with van der Waals surface area (Å²) in [6.45, 7) is 2.14. The van der Waals surface area contributed by atoms with Crippen LogP contribution in [0.5, 0.6) is 0 Å². The van der Waals surface area contributed by atoms with Crippen molar-refractivity contribution in [2.45, 2.75) is 24.8 Å². The fraction of sp³-hybridized carbons (Fsp3) is 0.500. The summed E-state index contributed by atoms with van der Waals surface area (Å²) in [5.74, 6) is 1.25. The maximum atomic E-state index is 11.9. The van der Waals surface area contributed by atoms with Gasteiger partial charge in [0.1, 0.15) is 12.2 Å². The molecule has 2 aromatic heterocycles. The average Bonchev–Trinajstić information content (AvgIpc) is 2.98. The number of imidazole rings is 1. The molecular formula is C10H16N6O2S. The fourth-order valence-electron chi connectivity index (χ4n) is 1.53. The Morgan fingerprint density at radius 1 is 1.42 bits per heavy atom. The van der Waals surface area contributed by atoms with Crippen LogP contribution in [0.4, 0.5) is 0 Å². The number of sulfonamides is 1. The maximum absolute atomic E-state index is 11.9. The second-order valence-corrected chi connectivity index (χ2v) is 5.77. The summed E-state index contributed by atoms with van der Waals surface area (Å²) < 4.78 is 27.9. The zero-order valence-corrected chi connectivity index (χ0v) is 11.6. The van der Waals surface area contributed by atoms with Crippen LogP contribution in [0.1, 0.15) is 18.6 Å². The molecule has 19 heavy (non-hydrogen) atoms. The van der Waals surface area contributed by atoms with Gasteiger partial charge in [-0.05, 0) is 0 Å². The number of nitrogens with one attached hydrogen (secondary N) is 2. The third-order valence-electron chi connectivity index (χ3n) is 2.52. The number of H-pyrrole nitrogens is 1. The number of rotatable bonds is 6. The van der Waals surface area contributed by atoms with Crippen molar-refractivity contribution in [1.29, 1.82) is 0 Å². The first-order valence-corrected chi connectivity index (χ1v) is 7.37. The molecule has 0 atom stereocenters. The molecule has 2 aromatic rings. The lowest BCUT2D eigenvalue weighted by atomic mass is 10.4. The second kappa shape index (κ2) is 5.49. The molecule has 0 saturated carbocycles. The summed E-state index contributed by atoms with van der Waals surface area (Å²) in [7, 11) is -1.78. The monoisotopic (exact) mass is 284 g/mol. The quantitative estimate of drug-likeness (QED) is 0.752. The Labute approximate surface area is 111 Å². The van der Waals surface area contributed by atoms with Crippen LogP contribution < -0.4 is 4.72 Å². The Balaban J connectivity index is 1.94. The van der Waals surface area contributed by atoms with Crippen molar-refractivity contribution in [3.05, 3.63) is 24.2 Å². The molecule has 0 aliphatic carbocycles. The first-order chi connectivity index (χ1) is 9.01. The lowest BCUT2D eigenvalue weighted by Gasteiger charge is -2.02. The van der Waals surface area contributed by atoms with Crippen LogP contribution in [0.25, 0.3) is 0 Å². The number of nitrogens with zero attached hydrogens (tertiary/aromatic N) is 4. The van der Waals surface area contributed by atoms with Crippen molar-refractivity contribution in [3.63, 3.8) is 0 Å². The SMILES string of the molecule is CCc1ncc(S(=O)(=O)NCCc2ncn(C)n2)[nH]1. The lowest BCUT2D eigenvalue weighted by Crippen LogP contribution is -2.26. The van der Waals surface area contributed by atoms with Crippen molar-refractivity contribution >= 4 is 10.0 Å². The molecule has 104 valence electrons. The molecule has 0 radical (unpaired) electrons. The van der Waals surface area contributed by atoms with E-state index in [2.05, 4.69) is 24.8 Å². The van der Waals surface area contributed by atoms with Crippen molar-refractivity contribution in [1.82, 2.24) is 29.5 Å². The van der Waals surface area contributed by atoms with Crippen LogP contribution >= 0.6 is 0 Å². The molecule has 8 nitrogen and oxygen atoms in total. The topological polar surface area (TPSA) is 106 Å². The third kappa shape index (κ3) is 3.38. The molecular weight excluding hydrogens is 268 g/mol. The standard InChI is InChI=1S/C10H16N6O2S/c1-3-8-11-6-10(14-8)19(17,18)13-5-4-9-12-7-16(2)15-9/h6-7,13H,3-5H2,1-2H3,(H,11,14). The molecule has 0 amide bonds. The minimum atomic E-state index is -3.54. The van der Waals surface area contributed by atoms with E-state index < -0.39 is 10.0 Å². The maximum Gasteiger partial charge on any atom is 0.257 e. The summed E-state index contributed by atoms with van der Waals surface area (Å²) in [5.41, 5.74) is 0. The molecule has 0 aliphatic heterocycles. The van der Waals surface area contributed by atoms with E-state index in [1.807, 2.05) is 6.92 Å². The molecule has 0 saturated heterocycles. The number of hydrogen-bond donors (Lipinski definition) is 2. The van der Waals surface area contributed by atoms with Gasteiger partial charge >= 0.3 is 0 Å². The Morgan fingerprint density at radius 2 is 2.21 bits per heavy atom. The number of hydrogen-bond acceptors (Lipinski definition) is 5. The molecule has 9 heteroatoms. The minimum Gasteiger partial charge on any atom is -0.332 e. The Morgan fingerprint density at radius 3 is 2.79 bits per heavy atom. The van der Waals surface area contributed by atoms with Gasteiger partial charge in [0.2, 0.25) is 0 Å². The van der Waals surface area contributed by atoms with E-state index in [0.29, 0.717) is 24.5 Å². The van der Waals surface area contributed by atoms with Crippen LogP contribution in [-0.2, 0) is 29.9 Å². The predicted octanol–water partition coefficient (Wildman–Crippen LogP) is -0.378. The van der Waals surface area contributed by atoms with Crippen LogP contribution in [0.3, 0.4) is 0 Å². The second-order valence-electron chi connectivity index (χ2n) is 4.03. The van der Waals surface area contributed by atoms with Gasteiger partial charge in [-0.3, -0.25) is 4.68 Å². The fourth-order valence-corrected chi connectivity index (χ4v) is 2.50. The first kappa shape index (κ1) is 13.7. The van der Waals surface area contributed by atoms with Gasteiger partial charge in [0, 0.05) is 26.4 Å². The van der Waals surface area contributed by atoms with Gasteiger partial charge in [-0.25, -0.2) is 23.1 Å². The van der Waals surface area contributed by atoms with Gasteiger partial charge in [0.15, 0.2) is 10.9 Å². The number of aromatic nitrogens is 5. The summed E-state index contributed by atoms with van der Waals surface area (Å²) in [5, 5.41) is 4.15. The molecule has 0 spiro atoms. The van der Waals surface area contributed by atoms with Crippen LogP contribution in [0.15, 0.2) is 17.6 Å². The van der Waals surface area contributed by atoms with Gasteiger partial charge < -0.3 is 4.98 Å². The zero-order valence-electron chi connectivity index (χ0n) is 10.8. The minimum absolute atomic E-state index is 0.0818. The van der Waals surface area contributed by atoms with Crippen LogP contribution in [0.2, 0.25) is 0 Å². The largest absolute Gasteiger partial charge is 0.332 e. The zero-order chi connectivity index (χ0) is 13.9. The van der Waals surface area contributed by atoms with E-state index in [0.717, 1.165) is 0 Å². The highest BCUT2D eigenvalue weighted by Crippen LogP contribution is 2.05. The Kier molecular flexibility index (Phi) is 3.96. The molecule has 0 fully saturated rings. The lowest BCUT2D eigenvalue weighted by molar-refractivity contribution is 0.577. The van der Waals surface area contributed by atoms with E-state index in [1.165, 1.54) is 6.20 Å². The molecule has 0 aromatic carbocycles. The van der Waals surface area contributed by atoms with Gasteiger partial charge in [-0.15, -0.1) is 0 Å². The molecule has 2 rings (SSSR count). The van der Waals surface area contributed by atoms with E-state index in [-0.39, 0.29) is 11.6 Å². The number of aromatic amines is 1. The van der Waals surface area contributed by atoms with E-state index in [9.17, 15) is 8.42 Å². The smallest absolute Gasteiger partial charge is 0.257 e. The average molecular weight is 284 g/mol. The highest BCUT2D eigenvalue weighted by Gasteiger charge is 2.16. The van der Waals surface area contributed by atoms with Crippen molar-refractivity contribution in [3.8, 4) is 0 Å². The Hall–Kier alpha value is -1.74. The molecule has 0 bridgehead atoms. The summed E-state index contributed by atoms with van der Waals surface area (Å²) >= 11 is 0. The molecule has 2 heterocycles.